The van der Waals surface area contributed by atoms with Crippen LogP contribution in [-0.2, 0) is 4.79 Å². The highest BCUT2D eigenvalue weighted by Gasteiger charge is 2.41. The molecule has 0 aromatic rings. The number of rotatable bonds is 5. The van der Waals surface area contributed by atoms with Gasteiger partial charge in [0.05, 0.1) is 0 Å². The van der Waals surface area contributed by atoms with Crippen molar-refractivity contribution in [2.24, 2.45) is 0 Å². The minimum atomic E-state index is -1.07. The van der Waals surface area contributed by atoms with Crippen molar-refractivity contribution in [1.82, 2.24) is 15.5 Å². The zero-order valence-electron chi connectivity index (χ0n) is 11.2. The molecule has 1 fully saturated rings. The molecule has 18 heavy (non-hydrogen) atoms. The highest BCUT2D eigenvalue weighted by atomic mass is 16.4. The number of nitrogens with one attached hydrogen (secondary N) is 2. The maximum Gasteiger partial charge on any atom is 0.329 e. The molecule has 6 heteroatoms. The van der Waals surface area contributed by atoms with E-state index >= 15 is 0 Å². The first-order chi connectivity index (χ1) is 8.52. The Hall–Kier alpha value is -1.30. The molecule has 0 saturated heterocycles. The van der Waals surface area contributed by atoms with Crippen LogP contribution >= 0.6 is 0 Å². The van der Waals surface area contributed by atoms with E-state index in [0.29, 0.717) is 25.9 Å². The SMILES string of the molecule is CNCCN(C)C(=O)NC1(C(=O)O)CCCCC1. The van der Waals surface area contributed by atoms with Crippen LogP contribution in [0.1, 0.15) is 32.1 Å². The zero-order chi connectivity index (χ0) is 13.6. The topological polar surface area (TPSA) is 81.7 Å². The summed E-state index contributed by atoms with van der Waals surface area (Å²) in [7, 11) is 3.48. The fourth-order valence-corrected chi connectivity index (χ4v) is 2.23. The van der Waals surface area contributed by atoms with E-state index in [1.807, 2.05) is 7.05 Å². The number of carbonyl (C=O) groups excluding carboxylic acids is 1. The minimum Gasteiger partial charge on any atom is -0.480 e. The Morgan fingerprint density at radius 1 is 1.28 bits per heavy atom. The van der Waals surface area contributed by atoms with E-state index in [1.54, 1.807) is 7.05 Å². The normalized spacial score (nSPS) is 18.1. The minimum absolute atomic E-state index is 0.311. The summed E-state index contributed by atoms with van der Waals surface area (Å²) in [6.07, 6.45) is 3.79. The second-order valence-corrected chi connectivity index (χ2v) is 4.90. The summed E-state index contributed by atoms with van der Waals surface area (Å²) in [5, 5.41) is 15.0. The molecule has 1 aliphatic carbocycles. The van der Waals surface area contributed by atoms with Crippen LogP contribution in [0.15, 0.2) is 0 Å². The summed E-state index contributed by atoms with van der Waals surface area (Å²) in [5.74, 6) is -0.919. The summed E-state index contributed by atoms with van der Waals surface area (Å²) < 4.78 is 0. The molecule has 1 saturated carbocycles. The van der Waals surface area contributed by atoms with Crippen LogP contribution in [-0.4, -0.2) is 54.7 Å². The summed E-state index contributed by atoms with van der Waals surface area (Å²) >= 11 is 0. The van der Waals surface area contributed by atoms with E-state index in [1.165, 1.54) is 4.90 Å². The van der Waals surface area contributed by atoms with Gasteiger partial charge in [0.2, 0.25) is 0 Å². The van der Waals surface area contributed by atoms with Gasteiger partial charge in [-0.15, -0.1) is 0 Å². The molecular formula is C12H23N3O3. The van der Waals surface area contributed by atoms with Gasteiger partial charge in [-0.3, -0.25) is 0 Å². The molecule has 0 spiro atoms. The smallest absolute Gasteiger partial charge is 0.329 e. The Balaban J connectivity index is 2.60. The number of hydrogen-bond donors (Lipinski definition) is 3. The number of carbonyl (C=O) groups is 2. The lowest BCUT2D eigenvalue weighted by Crippen LogP contribution is -2.58. The fourth-order valence-electron chi connectivity index (χ4n) is 2.23. The van der Waals surface area contributed by atoms with Gasteiger partial charge in [0.1, 0.15) is 5.54 Å². The largest absolute Gasteiger partial charge is 0.480 e. The van der Waals surface area contributed by atoms with Crippen molar-refractivity contribution in [2.45, 2.75) is 37.6 Å². The highest BCUT2D eigenvalue weighted by molar-refractivity contribution is 5.86. The van der Waals surface area contributed by atoms with Crippen molar-refractivity contribution >= 4 is 12.0 Å². The first-order valence-corrected chi connectivity index (χ1v) is 6.43. The van der Waals surface area contributed by atoms with E-state index in [4.69, 9.17) is 0 Å². The monoisotopic (exact) mass is 257 g/mol. The van der Waals surface area contributed by atoms with Crippen molar-refractivity contribution < 1.29 is 14.7 Å². The van der Waals surface area contributed by atoms with Crippen LogP contribution in [0.25, 0.3) is 0 Å². The molecule has 6 nitrogen and oxygen atoms in total. The van der Waals surface area contributed by atoms with E-state index in [0.717, 1.165) is 19.3 Å². The lowest BCUT2D eigenvalue weighted by atomic mass is 9.82. The molecule has 0 aliphatic heterocycles. The lowest BCUT2D eigenvalue weighted by Gasteiger charge is -2.35. The average Bonchev–Trinajstić information content (AvgIpc) is 2.36. The number of carboxylic acids is 1. The second kappa shape index (κ2) is 6.58. The standard InChI is InChI=1S/C12H23N3O3/c1-13-8-9-15(2)11(18)14-12(10(16)17)6-4-3-5-7-12/h13H,3-9H2,1-2H3,(H,14,18)(H,16,17). The van der Waals surface area contributed by atoms with Gasteiger partial charge in [-0.05, 0) is 19.9 Å². The predicted octanol–water partition coefficient (Wildman–Crippen LogP) is 0.635. The van der Waals surface area contributed by atoms with Gasteiger partial charge in [-0.1, -0.05) is 19.3 Å². The average molecular weight is 257 g/mol. The Morgan fingerprint density at radius 3 is 2.39 bits per heavy atom. The summed E-state index contributed by atoms with van der Waals surface area (Å²) in [4.78, 5) is 24.9. The molecule has 0 aromatic heterocycles. The van der Waals surface area contributed by atoms with Gasteiger partial charge >= 0.3 is 12.0 Å². The molecule has 104 valence electrons. The zero-order valence-corrected chi connectivity index (χ0v) is 11.2. The number of hydrogen-bond acceptors (Lipinski definition) is 3. The molecule has 3 N–H and O–H groups in total. The van der Waals surface area contributed by atoms with Gasteiger partial charge < -0.3 is 20.6 Å². The quantitative estimate of drug-likeness (QED) is 0.675. The predicted molar refractivity (Wildman–Crippen MR) is 68.5 cm³/mol. The van der Waals surface area contributed by atoms with Gasteiger partial charge in [0.25, 0.3) is 0 Å². The van der Waals surface area contributed by atoms with E-state index in [-0.39, 0.29) is 6.03 Å². The van der Waals surface area contributed by atoms with Crippen molar-refractivity contribution in [3.63, 3.8) is 0 Å². The first kappa shape index (κ1) is 14.8. The molecule has 1 aliphatic rings. The van der Waals surface area contributed by atoms with Gasteiger partial charge in [0, 0.05) is 20.1 Å². The van der Waals surface area contributed by atoms with Crippen molar-refractivity contribution in [1.29, 1.82) is 0 Å². The highest BCUT2D eigenvalue weighted by Crippen LogP contribution is 2.28. The fraction of sp³-hybridized carbons (Fsp3) is 0.833. The van der Waals surface area contributed by atoms with E-state index < -0.39 is 11.5 Å². The third-order valence-corrected chi connectivity index (χ3v) is 3.51. The van der Waals surface area contributed by atoms with Crippen LogP contribution < -0.4 is 10.6 Å². The van der Waals surface area contributed by atoms with Crippen molar-refractivity contribution in [3.05, 3.63) is 0 Å². The molecule has 0 aromatic carbocycles. The van der Waals surface area contributed by atoms with Crippen LogP contribution in [0.3, 0.4) is 0 Å². The number of aliphatic carboxylic acids is 1. The Labute approximate surface area is 108 Å². The number of nitrogens with zero attached hydrogens (tertiary/aromatic N) is 1. The van der Waals surface area contributed by atoms with Crippen LogP contribution in [0.5, 0.6) is 0 Å². The van der Waals surface area contributed by atoms with Gasteiger partial charge in [0.15, 0.2) is 0 Å². The third-order valence-electron chi connectivity index (χ3n) is 3.51. The number of likely N-dealkylation sites (N-methyl/N-ethyl adjacent to an activating group) is 2. The molecule has 0 bridgehead atoms. The number of urea groups is 1. The summed E-state index contributed by atoms with van der Waals surface area (Å²) in [6.45, 7) is 1.24. The third kappa shape index (κ3) is 3.60. The number of amides is 2. The Kier molecular flexibility index (Phi) is 5.40. The van der Waals surface area contributed by atoms with Crippen LogP contribution in [0, 0.1) is 0 Å². The van der Waals surface area contributed by atoms with Gasteiger partial charge in [-0.25, -0.2) is 9.59 Å². The molecule has 2 amide bonds. The maximum atomic E-state index is 12.0. The number of carboxylic acid groups (broad SMARTS) is 1. The maximum absolute atomic E-state index is 12.0. The Bertz CT molecular complexity index is 301. The summed E-state index contributed by atoms with van der Waals surface area (Å²) in [6, 6.07) is -0.311. The molecule has 1 rings (SSSR count). The Morgan fingerprint density at radius 2 is 1.89 bits per heavy atom. The molecule has 0 atom stereocenters. The lowest BCUT2D eigenvalue weighted by molar-refractivity contribution is -0.145. The molecule has 0 unspecified atom stereocenters. The molecule has 0 radical (unpaired) electrons. The van der Waals surface area contributed by atoms with E-state index in [2.05, 4.69) is 10.6 Å². The van der Waals surface area contributed by atoms with Crippen molar-refractivity contribution in [3.8, 4) is 0 Å². The van der Waals surface area contributed by atoms with Crippen LogP contribution in [0.4, 0.5) is 4.79 Å². The van der Waals surface area contributed by atoms with Gasteiger partial charge in [-0.2, -0.15) is 0 Å². The second-order valence-electron chi connectivity index (χ2n) is 4.90. The van der Waals surface area contributed by atoms with Crippen molar-refractivity contribution in [2.75, 3.05) is 27.2 Å². The first-order valence-electron chi connectivity index (χ1n) is 6.43. The summed E-state index contributed by atoms with van der Waals surface area (Å²) in [5.41, 5.74) is -1.07. The van der Waals surface area contributed by atoms with E-state index in [9.17, 15) is 14.7 Å². The molecular weight excluding hydrogens is 234 g/mol. The van der Waals surface area contributed by atoms with Crippen LogP contribution in [0.2, 0.25) is 0 Å². The molecule has 0 heterocycles.